The van der Waals surface area contributed by atoms with Crippen molar-refractivity contribution in [3.63, 3.8) is 0 Å². The lowest BCUT2D eigenvalue weighted by Crippen LogP contribution is -2.29. The minimum Gasteiger partial charge on any atom is -0.433 e. The van der Waals surface area contributed by atoms with Gasteiger partial charge in [-0.05, 0) is 12.8 Å². The van der Waals surface area contributed by atoms with Crippen LogP contribution in [0.3, 0.4) is 0 Å². The summed E-state index contributed by atoms with van der Waals surface area (Å²) in [4.78, 5) is 10.5. The van der Waals surface area contributed by atoms with E-state index in [4.69, 9.17) is 16.9 Å². The highest BCUT2D eigenvalue weighted by Crippen LogP contribution is 2.27. The van der Waals surface area contributed by atoms with E-state index in [1.54, 1.807) is 0 Å². The first-order chi connectivity index (χ1) is 6.24. The first kappa shape index (κ1) is 9.91. The van der Waals surface area contributed by atoms with Gasteiger partial charge in [0.15, 0.2) is 6.10 Å². The van der Waals surface area contributed by atoms with Crippen LogP contribution in [-0.4, -0.2) is 12.2 Å². The first-order valence-corrected chi connectivity index (χ1v) is 4.66. The van der Waals surface area contributed by atoms with Gasteiger partial charge in [-0.2, -0.15) is 0 Å². The quantitative estimate of drug-likeness (QED) is 0.659. The highest BCUT2D eigenvalue weighted by Gasteiger charge is 2.24. The highest BCUT2D eigenvalue weighted by molar-refractivity contribution is 5.65. The molecule has 0 heterocycles. The molecule has 72 valence electrons. The van der Waals surface area contributed by atoms with Gasteiger partial charge in [0.2, 0.25) is 0 Å². The molecule has 1 amide bonds. The second-order valence-electron chi connectivity index (χ2n) is 3.42. The maximum Gasteiger partial charge on any atom is 0.405 e. The molecule has 0 bridgehead atoms. The van der Waals surface area contributed by atoms with E-state index in [-0.39, 0.29) is 0 Å². The number of amides is 1. The van der Waals surface area contributed by atoms with Crippen LogP contribution in [-0.2, 0) is 4.74 Å². The Kier molecular flexibility index (Phi) is 3.63. The summed E-state index contributed by atoms with van der Waals surface area (Å²) in [5.74, 6) is 2.79. The Labute approximate surface area is 78.6 Å². The molecular formula is C10H15NO2. The maximum atomic E-state index is 10.5. The molecule has 0 aliphatic heterocycles. The molecule has 3 nitrogen and oxygen atoms in total. The van der Waals surface area contributed by atoms with Crippen molar-refractivity contribution < 1.29 is 9.53 Å². The molecule has 1 rings (SSSR count). The zero-order chi connectivity index (χ0) is 9.68. The van der Waals surface area contributed by atoms with Crippen LogP contribution in [0, 0.1) is 18.3 Å². The smallest absolute Gasteiger partial charge is 0.405 e. The molecule has 0 spiro atoms. The van der Waals surface area contributed by atoms with Crippen molar-refractivity contribution in [3.05, 3.63) is 0 Å². The van der Waals surface area contributed by atoms with Crippen molar-refractivity contribution in [2.24, 2.45) is 11.7 Å². The second-order valence-corrected chi connectivity index (χ2v) is 3.42. The zero-order valence-electron chi connectivity index (χ0n) is 7.66. The van der Waals surface area contributed by atoms with Crippen molar-refractivity contribution in [1.29, 1.82) is 0 Å². The number of carbonyl (C=O) groups is 1. The van der Waals surface area contributed by atoms with Gasteiger partial charge in [-0.25, -0.2) is 4.79 Å². The van der Waals surface area contributed by atoms with Crippen LogP contribution < -0.4 is 5.73 Å². The van der Waals surface area contributed by atoms with E-state index in [1.165, 1.54) is 19.3 Å². The molecule has 0 radical (unpaired) electrons. The molecule has 1 aliphatic rings. The summed E-state index contributed by atoms with van der Waals surface area (Å²) in [7, 11) is 0. The summed E-state index contributed by atoms with van der Waals surface area (Å²) in [6, 6.07) is 0. The number of rotatable bonds is 2. The molecule has 1 saturated carbocycles. The number of terminal acetylenes is 1. The molecule has 1 atom stereocenters. The SMILES string of the molecule is C#CC(OC(N)=O)C1CCCCC1. The molecule has 3 heteroatoms. The Bertz CT molecular complexity index is 213. The van der Waals surface area contributed by atoms with E-state index in [0.29, 0.717) is 5.92 Å². The Morgan fingerprint density at radius 3 is 2.54 bits per heavy atom. The zero-order valence-corrected chi connectivity index (χ0v) is 7.66. The molecule has 0 aromatic carbocycles. The van der Waals surface area contributed by atoms with Gasteiger partial charge in [-0.15, -0.1) is 6.42 Å². The summed E-state index contributed by atoms with van der Waals surface area (Å²) in [5.41, 5.74) is 4.92. The molecule has 0 aromatic heterocycles. The van der Waals surface area contributed by atoms with Gasteiger partial charge in [0.05, 0.1) is 0 Å². The summed E-state index contributed by atoms with van der Waals surface area (Å²) < 4.78 is 4.84. The Balaban J connectivity index is 2.45. The average molecular weight is 181 g/mol. The molecule has 2 N–H and O–H groups in total. The topological polar surface area (TPSA) is 52.3 Å². The predicted molar refractivity (Wildman–Crippen MR) is 49.9 cm³/mol. The molecule has 1 fully saturated rings. The molecule has 1 aliphatic carbocycles. The fourth-order valence-corrected chi connectivity index (χ4v) is 1.83. The van der Waals surface area contributed by atoms with Gasteiger partial charge in [-0.1, -0.05) is 25.2 Å². The standard InChI is InChI=1S/C10H15NO2/c1-2-9(13-10(11)12)8-6-4-3-5-7-8/h1,8-9H,3-7H2,(H2,11,12). The normalized spacial score (nSPS) is 20.2. The Hall–Kier alpha value is -1.17. The lowest BCUT2D eigenvalue weighted by atomic mass is 9.85. The van der Waals surface area contributed by atoms with Crippen LogP contribution >= 0.6 is 0 Å². The summed E-state index contributed by atoms with van der Waals surface area (Å²) in [6.45, 7) is 0. The van der Waals surface area contributed by atoms with Gasteiger partial charge < -0.3 is 10.5 Å². The number of ether oxygens (including phenoxy) is 1. The van der Waals surface area contributed by atoms with E-state index in [0.717, 1.165) is 12.8 Å². The number of primary amides is 1. The van der Waals surface area contributed by atoms with Gasteiger partial charge in [0.25, 0.3) is 0 Å². The van der Waals surface area contributed by atoms with Crippen LogP contribution in [0.25, 0.3) is 0 Å². The van der Waals surface area contributed by atoms with E-state index >= 15 is 0 Å². The first-order valence-electron chi connectivity index (χ1n) is 4.66. The number of hydrogen-bond donors (Lipinski definition) is 1. The number of hydrogen-bond acceptors (Lipinski definition) is 2. The Morgan fingerprint density at radius 2 is 2.08 bits per heavy atom. The number of nitrogens with two attached hydrogens (primary N) is 1. The van der Waals surface area contributed by atoms with Crippen LogP contribution in [0.1, 0.15) is 32.1 Å². The monoisotopic (exact) mass is 181 g/mol. The summed E-state index contributed by atoms with van der Waals surface area (Å²) in [5, 5.41) is 0. The van der Waals surface area contributed by atoms with Crippen molar-refractivity contribution in [2.75, 3.05) is 0 Å². The fraction of sp³-hybridized carbons (Fsp3) is 0.700. The van der Waals surface area contributed by atoms with Crippen LogP contribution in [0.2, 0.25) is 0 Å². The third-order valence-electron chi connectivity index (χ3n) is 2.49. The van der Waals surface area contributed by atoms with Gasteiger partial charge in [-0.3, -0.25) is 0 Å². The maximum absolute atomic E-state index is 10.5. The van der Waals surface area contributed by atoms with Crippen molar-refractivity contribution >= 4 is 6.09 Å². The van der Waals surface area contributed by atoms with Gasteiger partial charge >= 0.3 is 6.09 Å². The largest absolute Gasteiger partial charge is 0.433 e. The van der Waals surface area contributed by atoms with E-state index < -0.39 is 12.2 Å². The lowest BCUT2D eigenvalue weighted by molar-refractivity contribution is 0.0883. The number of carbonyl (C=O) groups excluding carboxylic acids is 1. The van der Waals surface area contributed by atoms with Crippen molar-refractivity contribution in [3.8, 4) is 12.3 Å². The Morgan fingerprint density at radius 1 is 1.46 bits per heavy atom. The summed E-state index contributed by atoms with van der Waals surface area (Å²) in [6.07, 6.45) is 9.77. The third kappa shape index (κ3) is 2.98. The molecule has 0 saturated heterocycles. The third-order valence-corrected chi connectivity index (χ3v) is 2.49. The van der Waals surface area contributed by atoms with E-state index in [1.807, 2.05) is 0 Å². The van der Waals surface area contributed by atoms with Crippen LogP contribution in [0.4, 0.5) is 4.79 Å². The molecule has 1 unspecified atom stereocenters. The van der Waals surface area contributed by atoms with E-state index in [2.05, 4.69) is 5.92 Å². The fourth-order valence-electron chi connectivity index (χ4n) is 1.83. The molecule has 13 heavy (non-hydrogen) atoms. The second kappa shape index (κ2) is 4.76. The minimum absolute atomic E-state index is 0.311. The van der Waals surface area contributed by atoms with Crippen molar-refractivity contribution in [2.45, 2.75) is 38.2 Å². The van der Waals surface area contributed by atoms with Crippen molar-refractivity contribution in [1.82, 2.24) is 0 Å². The molecular weight excluding hydrogens is 166 g/mol. The average Bonchev–Trinajstić information content (AvgIpc) is 2.15. The summed E-state index contributed by atoms with van der Waals surface area (Å²) >= 11 is 0. The predicted octanol–water partition coefficient (Wildman–Crippen LogP) is 1.66. The lowest BCUT2D eigenvalue weighted by Gasteiger charge is -2.25. The van der Waals surface area contributed by atoms with E-state index in [9.17, 15) is 4.79 Å². The molecule has 0 aromatic rings. The van der Waals surface area contributed by atoms with Crippen LogP contribution in [0.15, 0.2) is 0 Å². The van der Waals surface area contributed by atoms with Crippen LogP contribution in [0.5, 0.6) is 0 Å². The van der Waals surface area contributed by atoms with Gasteiger partial charge in [0.1, 0.15) is 0 Å². The highest BCUT2D eigenvalue weighted by atomic mass is 16.6. The van der Waals surface area contributed by atoms with Gasteiger partial charge in [0, 0.05) is 5.92 Å². The minimum atomic E-state index is -0.770.